The third-order valence-electron chi connectivity index (χ3n) is 3.75. The average Bonchev–Trinajstić information content (AvgIpc) is 3.35. The van der Waals surface area contributed by atoms with Crippen molar-refractivity contribution >= 4 is 17.7 Å². The number of thioether (sulfide) groups is 1. The van der Waals surface area contributed by atoms with E-state index in [0.29, 0.717) is 29.9 Å². The zero-order chi connectivity index (χ0) is 19.1. The van der Waals surface area contributed by atoms with Crippen LogP contribution in [-0.2, 0) is 22.7 Å². The Morgan fingerprint density at radius 3 is 2.78 bits per heavy atom. The van der Waals surface area contributed by atoms with E-state index in [2.05, 4.69) is 10.2 Å². The number of carbonyl (C=O) groups excluding carboxylic acids is 1. The molecule has 2 heterocycles. The van der Waals surface area contributed by atoms with Crippen molar-refractivity contribution in [3.8, 4) is 17.3 Å². The molecular weight excluding hydrogens is 366 g/mol. The number of ether oxygens (including phenoxy) is 2. The number of aromatic nitrogens is 3. The maximum atomic E-state index is 12.1. The summed E-state index contributed by atoms with van der Waals surface area (Å²) >= 11 is 1.29. The Kier molecular flexibility index (Phi) is 6.54. The van der Waals surface area contributed by atoms with Crippen LogP contribution in [0.5, 0.6) is 5.75 Å². The fraction of sp³-hybridized carbons (Fsp3) is 0.316. The maximum Gasteiger partial charge on any atom is 0.316 e. The van der Waals surface area contributed by atoms with Crippen LogP contribution in [0, 0.1) is 0 Å². The highest BCUT2D eigenvalue weighted by Crippen LogP contribution is 2.24. The second-order valence-electron chi connectivity index (χ2n) is 5.52. The summed E-state index contributed by atoms with van der Waals surface area (Å²) < 4.78 is 18.2. The monoisotopic (exact) mass is 387 g/mol. The van der Waals surface area contributed by atoms with Crippen LogP contribution < -0.4 is 4.74 Å². The van der Waals surface area contributed by atoms with Gasteiger partial charge < -0.3 is 13.9 Å². The summed E-state index contributed by atoms with van der Waals surface area (Å²) in [6.07, 6.45) is 1.59. The summed E-state index contributed by atoms with van der Waals surface area (Å²) in [4.78, 5) is 12.1. The van der Waals surface area contributed by atoms with Crippen molar-refractivity contribution in [3.63, 3.8) is 0 Å². The number of rotatable bonds is 9. The highest BCUT2D eigenvalue weighted by molar-refractivity contribution is 7.99. The van der Waals surface area contributed by atoms with Crippen molar-refractivity contribution < 1.29 is 18.7 Å². The molecule has 0 aliphatic rings. The van der Waals surface area contributed by atoms with Crippen LogP contribution in [0.25, 0.3) is 11.6 Å². The SMILES string of the molecule is CCOc1ccccc1COC(=O)CSc1nnc(-c2ccco2)n1CC. The van der Waals surface area contributed by atoms with Gasteiger partial charge in [0.05, 0.1) is 18.6 Å². The molecule has 0 aliphatic heterocycles. The van der Waals surface area contributed by atoms with Crippen molar-refractivity contribution in [3.05, 3.63) is 48.2 Å². The Morgan fingerprint density at radius 1 is 1.19 bits per heavy atom. The Hall–Kier alpha value is -2.74. The average molecular weight is 387 g/mol. The summed E-state index contributed by atoms with van der Waals surface area (Å²) in [5, 5.41) is 8.97. The van der Waals surface area contributed by atoms with E-state index in [-0.39, 0.29) is 18.3 Å². The predicted molar refractivity (Wildman–Crippen MR) is 102 cm³/mol. The minimum atomic E-state index is -0.323. The number of furan rings is 1. The summed E-state index contributed by atoms with van der Waals surface area (Å²) in [5.41, 5.74) is 0.842. The molecule has 3 rings (SSSR count). The van der Waals surface area contributed by atoms with Crippen LogP contribution in [0.15, 0.2) is 52.2 Å². The number of para-hydroxylation sites is 1. The molecule has 8 heteroatoms. The molecule has 3 aromatic rings. The van der Waals surface area contributed by atoms with Crippen LogP contribution in [0.4, 0.5) is 0 Å². The number of hydrogen-bond donors (Lipinski definition) is 0. The van der Waals surface area contributed by atoms with Crippen LogP contribution in [0.1, 0.15) is 19.4 Å². The van der Waals surface area contributed by atoms with Crippen molar-refractivity contribution in [1.82, 2.24) is 14.8 Å². The smallest absolute Gasteiger partial charge is 0.316 e. The van der Waals surface area contributed by atoms with E-state index in [4.69, 9.17) is 13.9 Å². The molecule has 0 amide bonds. The molecule has 0 fully saturated rings. The summed E-state index contributed by atoms with van der Waals surface area (Å²) in [5.74, 6) is 1.84. The first kappa shape index (κ1) is 19.0. The van der Waals surface area contributed by atoms with Gasteiger partial charge in [-0.05, 0) is 32.0 Å². The van der Waals surface area contributed by atoms with Gasteiger partial charge in [-0.3, -0.25) is 9.36 Å². The fourth-order valence-corrected chi connectivity index (χ4v) is 3.31. The van der Waals surface area contributed by atoms with Crippen molar-refractivity contribution in [2.75, 3.05) is 12.4 Å². The normalized spacial score (nSPS) is 10.7. The molecule has 0 spiro atoms. The molecule has 27 heavy (non-hydrogen) atoms. The highest BCUT2D eigenvalue weighted by atomic mass is 32.2. The first-order chi connectivity index (χ1) is 13.2. The minimum absolute atomic E-state index is 0.146. The van der Waals surface area contributed by atoms with E-state index in [1.807, 2.05) is 48.7 Å². The number of benzene rings is 1. The first-order valence-electron chi connectivity index (χ1n) is 8.69. The third-order valence-corrected chi connectivity index (χ3v) is 4.70. The zero-order valence-electron chi connectivity index (χ0n) is 15.3. The number of carbonyl (C=O) groups is 1. The molecule has 7 nitrogen and oxygen atoms in total. The van der Waals surface area contributed by atoms with Crippen molar-refractivity contribution in [2.24, 2.45) is 0 Å². The van der Waals surface area contributed by atoms with Gasteiger partial charge in [-0.15, -0.1) is 10.2 Å². The number of nitrogens with zero attached hydrogens (tertiary/aromatic N) is 3. The maximum absolute atomic E-state index is 12.1. The van der Waals surface area contributed by atoms with E-state index in [1.54, 1.807) is 12.3 Å². The van der Waals surface area contributed by atoms with Gasteiger partial charge in [-0.1, -0.05) is 30.0 Å². The molecule has 0 atom stereocenters. The van der Waals surface area contributed by atoms with Gasteiger partial charge in [0.15, 0.2) is 16.7 Å². The van der Waals surface area contributed by atoms with Crippen molar-refractivity contribution in [2.45, 2.75) is 32.2 Å². The predicted octanol–water partition coefficient (Wildman–Crippen LogP) is 3.79. The Labute approximate surface area is 161 Å². The Morgan fingerprint density at radius 2 is 2.04 bits per heavy atom. The number of hydrogen-bond acceptors (Lipinski definition) is 7. The molecule has 0 saturated carbocycles. The molecule has 0 saturated heterocycles. The summed E-state index contributed by atoms with van der Waals surface area (Å²) in [6.45, 7) is 5.31. The second-order valence-corrected chi connectivity index (χ2v) is 6.46. The van der Waals surface area contributed by atoms with E-state index in [1.165, 1.54) is 11.8 Å². The molecule has 0 bridgehead atoms. The van der Waals surface area contributed by atoms with E-state index in [9.17, 15) is 4.79 Å². The highest BCUT2D eigenvalue weighted by Gasteiger charge is 2.16. The summed E-state index contributed by atoms with van der Waals surface area (Å²) in [6, 6.07) is 11.2. The second kappa shape index (κ2) is 9.27. The third kappa shape index (κ3) is 4.71. The van der Waals surface area contributed by atoms with Gasteiger partial charge in [-0.25, -0.2) is 0 Å². The van der Waals surface area contributed by atoms with Crippen LogP contribution in [-0.4, -0.2) is 33.1 Å². The molecular formula is C19H21N3O4S. The quantitative estimate of drug-likeness (QED) is 0.408. The largest absolute Gasteiger partial charge is 0.493 e. The lowest BCUT2D eigenvalue weighted by atomic mass is 10.2. The lowest BCUT2D eigenvalue weighted by molar-refractivity contribution is -0.141. The van der Waals surface area contributed by atoms with Gasteiger partial charge in [0.1, 0.15) is 12.4 Å². The Balaban J connectivity index is 1.57. The number of esters is 1. The molecule has 1 aromatic carbocycles. The van der Waals surface area contributed by atoms with E-state index < -0.39 is 0 Å². The molecule has 142 valence electrons. The topological polar surface area (TPSA) is 79.4 Å². The lowest BCUT2D eigenvalue weighted by Gasteiger charge is -2.10. The molecule has 0 aliphatic carbocycles. The fourth-order valence-electron chi connectivity index (χ4n) is 2.51. The van der Waals surface area contributed by atoms with Crippen LogP contribution in [0.2, 0.25) is 0 Å². The lowest BCUT2D eigenvalue weighted by Crippen LogP contribution is -2.09. The van der Waals surface area contributed by atoms with E-state index >= 15 is 0 Å². The molecule has 0 unspecified atom stereocenters. The van der Waals surface area contributed by atoms with Gasteiger partial charge in [0.2, 0.25) is 0 Å². The molecule has 2 aromatic heterocycles. The van der Waals surface area contributed by atoms with Gasteiger partial charge in [0, 0.05) is 12.1 Å². The van der Waals surface area contributed by atoms with Crippen molar-refractivity contribution in [1.29, 1.82) is 0 Å². The minimum Gasteiger partial charge on any atom is -0.493 e. The molecule has 0 radical (unpaired) electrons. The molecule has 0 N–H and O–H groups in total. The van der Waals surface area contributed by atoms with Gasteiger partial charge in [0.25, 0.3) is 0 Å². The van der Waals surface area contributed by atoms with Gasteiger partial charge >= 0.3 is 5.97 Å². The van der Waals surface area contributed by atoms with Crippen LogP contribution in [0.3, 0.4) is 0 Å². The zero-order valence-corrected chi connectivity index (χ0v) is 16.1. The van der Waals surface area contributed by atoms with Gasteiger partial charge in [-0.2, -0.15) is 0 Å². The van der Waals surface area contributed by atoms with Crippen LogP contribution >= 0.6 is 11.8 Å². The van der Waals surface area contributed by atoms with E-state index in [0.717, 1.165) is 11.3 Å². The first-order valence-corrected chi connectivity index (χ1v) is 9.67. The summed E-state index contributed by atoms with van der Waals surface area (Å²) in [7, 11) is 0. The standard InChI is InChI=1S/C19H21N3O4S/c1-3-22-18(16-10-7-11-25-16)20-21-19(22)27-13-17(23)26-12-14-8-5-6-9-15(14)24-4-2/h5-11H,3-4,12-13H2,1-2H3. The Bertz CT molecular complexity index is 877.